The Morgan fingerprint density at radius 2 is 0.772 bits per heavy atom. The lowest BCUT2D eigenvalue weighted by Crippen LogP contribution is -1.92. The van der Waals surface area contributed by atoms with Crippen molar-refractivity contribution in [3.05, 3.63) is 194 Å². The zero-order chi connectivity index (χ0) is 37.2. The van der Waals surface area contributed by atoms with E-state index >= 15 is 0 Å². The third kappa shape index (κ3) is 4.43. The molecule has 0 atom stereocenters. The summed E-state index contributed by atoms with van der Waals surface area (Å²) in [4.78, 5) is 0. The fourth-order valence-corrected chi connectivity index (χ4v) is 11.3. The number of hydrogen-bond acceptors (Lipinski definition) is 1. The highest BCUT2D eigenvalue weighted by molar-refractivity contribution is 7.27. The van der Waals surface area contributed by atoms with E-state index in [1.54, 1.807) is 0 Å². The molecule has 12 aromatic carbocycles. The molecule has 1 heterocycles. The van der Waals surface area contributed by atoms with Gasteiger partial charge in [0.05, 0.1) is 0 Å². The first-order chi connectivity index (χ1) is 28.3. The van der Waals surface area contributed by atoms with Crippen molar-refractivity contribution in [2.75, 3.05) is 0 Å². The van der Waals surface area contributed by atoms with Crippen LogP contribution in [0.25, 0.3) is 129 Å². The van der Waals surface area contributed by atoms with Gasteiger partial charge in [-0.1, -0.05) is 164 Å². The molecular formula is C56H32S. The van der Waals surface area contributed by atoms with Gasteiger partial charge in [0, 0.05) is 25.6 Å². The van der Waals surface area contributed by atoms with Gasteiger partial charge in [-0.05, 0) is 134 Å². The minimum Gasteiger partial charge on any atom is -0.135 e. The first kappa shape index (κ1) is 31.2. The van der Waals surface area contributed by atoms with E-state index in [9.17, 15) is 0 Å². The first-order valence-corrected chi connectivity index (χ1v) is 20.6. The fourth-order valence-electron chi connectivity index (χ4n) is 10.0. The second-order valence-electron chi connectivity index (χ2n) is 15.5. The van der Waals surface area contributed by atoms with Crippen LogP contribution in [0.15, 0.2) is 194 Å². The van der Waals surface area contributed by atoms with Crippen molar-refractivity contribution in [1.29, 1.82) is 0 Å². The lowest BCUT2D eigenvalue weighted by atomic mass is 9.84. The standard InChI is InChI=1S/C56H32S/c1-3-11-33(12-4-1)38-29-39(34-13-5-2-6-14-34)31-40(30-38)41-25-21-35-24-28-45-42(26-22-36-23-27-44(41)51(35)52(36)45)49-32-37-15-9-18-47-53(37)54-43(49)17-10-19-48(54)56-55(47)46-16-7-8-20-50(46)57-56/h1-32H. The van der Waals surface area contributed by atoms with Crippen LogP contribution in [0.3, 0.4) is 0 Å². The Kier molecular flexibility index (Phi) is 6.41. The molecule has 13 rings (SSSR count). The summed E-state index contributed by atoms with van der Waals surface area (Å²) in [5.74, 6) is 0. The monoisotopic (exact) mass is 736 g/mol. The minimum atomic E-state index is 1.22. The number of thiophene rings is 1. The summed E-state index contributed by atoms with van der Waals surface area (Å²) in [6.07, 6.45) is 0. The van der Waals surface area contributed by atoms with Gasteiger partial charge >= 0.3 is 0 Å². The van der Waals surface area contributed by atoms with Gasteiger partial charge in [-0.15, -0.1) is 11.3 Å². The smallest absolute Gasteiger partial charge is 0.0440 e. The van der Waals surface area contributed by atoms with Crippen molar-refractivity contribution in [2.45, 2.75) is 0 Å². The molecule has 0 N–H and O–H groups in total. The number of rotatable bonds is 4. The molecule has 0 aliphatic carbocycles. The van der Waals surface area contributed by atoms with E-state index in [0.717, 1.165) is 0 Å². The average Bonchev–Trinajstić information content (AvgIpc) is 3.68. The lowest BCUT2D eigenvalue weighted by molar-refractivity contribution is 1.58. The summed E-state index contributed by atoms with van der Waals surface area (Å²) in [6.45, 7) is 0. The van der Waals surface area contributed by atoms with Crippen LogP contribution in [0.5, 0.6) is 0 Å². The zero-order valence-electron chi connectivity index (χ0n) is 30.9. The molecule has 0 spiro atoms. The molecule has 1 heteroatoms. The molecule has 0 nitrogen and oxygen atoms in total. The van der Waals surface area contributed by atoms with E-state index in [1.165, 1.54) is 129 Å². The van der Waals surface area contributed by atoms with Crippen LogP contribution in [-0.2, 0) is 0 Å². The summed E-state index contributed by atoms with van der Waals surface area (Å²) in [7, 11) is 0. The van der Waals surface area contributed by atoms with Crippen LogP contribution in [0.1, 0.15) is 0 Å². The molecule has 0 saturated heterocycles. The number of benzene rings is 12. The van der Waals surface area contributed by atoms with Gasteiger partial charge in [-0.3, -0.25) is 0 Å². The van der Waals surface area contributed by atoms with E-state index in [2.05, 4.69) is 194 Å². The highest BCUT2D eigenvalue weighted by Gasteiger charge is 2.21. The quantitative estimate of drug-likeness (QED) is 0.158. The third-order valence-electron chi connectivity index (χ3n) is 12.5. The van der Waals surface area contributed by atoms with E-state index in [4.69, 9.17) is 0 Å². The SMILES string of the molecule is c1ccc(-c2cc(-c3ccccc3)cc(-c3ccc4ccc5c(-c6cc7cccc8c9c%10ccccc%10sc9c9cccc6c9c78)ccc6ccc3c4c65)c2)cc1. The largest absolute Gasteiger partial charge is 0.135 e. The Hall–Kier alpha value is -7.06. The Balaban J connectivity index is 1.08. The topological polar surface area (TPSA) is 0 Å². The highest BCUT2D eigenvalue weighted by atomic mass is 32.1. The molecular weight excluding hydrogens is 705 g/mol. The molecule has 0 radical (unpaired) electrons. The van der Waals surface area contributed by atoms with Crippen molar-refractivity contribution < 1.29 is 0 Å². The van der Waals surface area contributed by atoms with E-state index in [1.807, 2.05) is 11.3 Å². The highest BCUT2D eigenvalue weighted by Crippen LogP contribution is 2.50. The summed E-state index contributed by atoms with van der Waals surface area (Å²) >= 11 is 1.93. The van der Waals surface area contributed by atoms with Crippen LogP contribution in [-0.4, -0.2) is 0 Å². The third-order valence-corrected chi connectivity index (χ3v) is 13.7. The van der Waals surface area contributed by atoms with E-state index in [-0.39, 0.29) is 0 Å². The maximum atomic E-state index is 2.46. The molecule has 0 aliphatic heterocycles. The van der Waals surface area contributed by atoms with Gasteiger partial charge in [0.15, 0.2) is 0 Å². The zero-order valence-corrected chi connectivity index (χ0v) is 31.7. The van der Waals surface area contributed by atoms with Crippen molar-refractivity contribution >= 4 is 96.1 Å². The summed E-state index contributed by atoms with van der Waals surface area (Å²) < 4.78 is 2.73. The summed E-state index contributed by atoms with van der Waals surface area (Å²) in [6, 6.07) is 72.6. The maximum Gasteiger partial charge on any atom is 0.0440 e. The molecule has 0 aliphatic rings. The molecule has 1 aromatic heterocycles. The van der Waals surface area contributed by atoms with Gasteiger partial charge in [0.1, 0.15) is 0 Å². The van der Waals surface area contributed by atoms with E-state index < -0.39 is 0 Å². The Morgan fingerprint density at radius 3 is 1.51 bits per heavy atom. The van der Waals surface area contributed by atoms with Crippen LogP contribution in [0, 0.1) is 0 Å². The number of hydrogen-bond donors (Lipinski definition) is 0. The Morgan fingerprint density at radius 1 is 0.246 bits per heavy atom. The van der Waals surface area contributed by atoms with Crippen LogP contribution >= 0.6 is 11.3 Å². The summed E-state index contributed by atoms with van der Waals surface area (Å²) in [5.41, 5.74) is 9.95. The molecule has 0 saturated carbocycles. The van der Waals surface area contributed by atoms with Crippen molar-refractivity contribution in [2.24, 2.45) is 0 Å². The molecule has 0 amide bonds. The Bertz CT molecular complexity index is 3660. The molecule has 0 unspecified atom stereocenters. The molecule has 0 fully saturated rings. The summed E-state index contributed by atoms with van der Waals surface area (Å²) in [5, 5.41) is 18.6. The maximum absolute atomic E-state index is 2.46. The van der Waals surface area contributed by atoms with Gasteiger partial charge in [0.25, 0.3) is 0 Å². The number of fused-ring (bicyclic) bond motifs is 5. The Labute approximate surface area is 333 Å². The van der Waals surface area contributed by atoms with Crippen LogP contribution < -0.4 is 0 Å². The second-order valence-corrected chi connectivity index (χ2v) is 16.6. The predicted octanol–water partition coefficient (Wildman–Crippen LogP) is 16.5. The van der Waals surface area contributed by atoms with Gasteiger partial charge in [-0.2, -0.15) is 0 Å². The molecule has 262 valence electrons. The van der Waals surface area contributed by atoms with Crippen molar-refractivity contribution in [3.8, 4) is 44.5 Å². The molecule has 13 aromatic rings. The van der Waals surface area contributed by atoms with Crippen molar-refractivity contribution in [1.82, 2.24) is 0 Å². The van der Waals surface area contributed by atoms with Gasteiger partial charge in [-0.25, -0.2) is 0 Å². The van der Waals surface area contributed by atoms with Gasteiger partial charge in [0.2, 0.25) is 0 Å². The van der Waals surface area contributed by atoms with E-state index in [0.29, 0.717) is 0 Å². The average molecular weight is 737 g/mol. The normalized spacial score (nSPS) is 12.2. The van der Waals surface area contributed by atoms with Crippen LogP contribution in [0.4, 0.5) is 0 Å². The minimum absolute atomic E-state index is 1.22. The lowest BCUT2D eigenvalue weighted by Gasteiger charge is -2.20. The fraction of sp³-hybridized carbons (Fsp3) is 0. The first-order valence-electron chi connectivity index (χ1n) is 19.7. The van der Waals surface area contributed by atoms with Crippen LogP contribution in [0.2, 0.25) is 0 Å². The van der Waals surface area contributed by atoms with Gasteiger partial charge < -0.3 is 0 Å². The predicted molar refractivity (Wildman–Crippen MR) is 248 cm³/mol. The van der Waals surface area contributed by atoms with Crippen molar-refractivity contribution in [3.63, 3.8) is 0 Å². The molecule has 0 bridgehead atoms. The molecule has 57 heavy (non-hydrogen) atoms. The second kappa shape index (κ2) is 11.7.